The average Bonchev–Trinajstić information content (AvgIpc) is 2.86. The molecule has 2 heterocycles. The number of carbonyl (C=O) groups is 1. The minimum atomic E-state index is -0.304. The van der Waals surface area contributed by atoms with E-state index in [0.717, 1.165) is 52.0 Å². The number of β-amino-alcohol motifs (C(OH)–C–C–N with tert-alkyl or cyclic N) is 1. The molecule has 0 aliphatic carbocycles. The van der Waals surface area contributed by atoms with Crippen molar-refractivity contribution in [1.29, 1.82) is 0 Å². The Morgan fingerprint density at radius 1 is 1.39 bits per heavy atom. The highest BCUT2D eigenvalue weighted by atomic mass is 16.3. The summed E-state index contributed by atoms with van der Waals surface area (Å²) in [5, 5.41) is 13.0. The second-order valence-electron chi connectivity index (χ2n) is 5.29. The van der Waals surface area contributed by atoms with Gasteiger partial charge in [-0.1, -0.05) is 6.92 Å². The number of rotatable bonds is 4. The molecule has 2 saturated heterocycles. The van der Waals surface area contributed by atoms with Gasteiger partial charge in [0.2, 0.25) is 5.91 Å². The van der Waals surface area contributed by atoms with Crippen LogP contribution in [0.3, 0.4) is 0 Å². The van der Waals surface area contributed by atoms with Gasteiger partial charge in [-0.3, -0.25) is 9.69 Å². The van der Waals surface area contributed by atoms with E-state index in [1.165, 1.54) is 0 Å². The van der Waals surface area contributed by atoms with Gasteiger partial charge in [-0.2, -0.15) is 0 Å². The minimum absolute atomic E-state index is 0.00398. The van der Waals surface area contributed by atoms with Gasteiger partial charge >= 0.3 is 0 Å². The van der Waals surface area contributed by atoms with Crippen LogP contribution in [-0.2, 0) is 4.79 Å². The first-order valence-corrected chi connectivity index (χ1v) is 7.14. The number of hydrogen-bond donors (Lipinski definition) is 2. The molecule has 2 rings (SSSR count). The summed E-state index contributed by atoms with van der Waals surface area (Å²) < 4.78 is 0. The third-order valence-corrected chi connectivity index (χ3v) is 3.99. The van der Waals surface area contributed by atoms with Crippen LogP contribution in [0, 0.1) is 0 Å². The molecule has 5 heteroatoms. The summed E-state index contributed by atoms with van der Waals surface area (Å²) in [7, 11) is 0. The number of hydrogen-bond acceptors (Lipinski definition) is 4. The summed E-state index contributed by atoms with van der Waals surface area (Å²) >= 11 is 0. The lowest BCUT2D eigenvalue weighted by atomic mass is 10.1. The molecule has 2 aliphatic heterocycles. The molecule has 0 radical (unpaired) electrons. The maximum absolute atomic E-state index is 12.5. The monoisotopic (exact) mass is 255 g/mol. The lowest BCUT2D eigenvalue weighted by Crippen LogP contribution is -2.53. The highest BCUT2D eigenvalue weighted by Crippen LogP contribution is 2.20. The predicted octanol–water partition coefficient (Wildman–Crippen LogP) is -0.346. The van der Waals surface area contributed by atoms with Gasteiger partial charge in [0.15, 0.2) is 0 Å². The standard InChI is InChI=1S/C13H25N3O2/c1-2-11(17)10-16-7-3-4-12(16)13(18)15-8-5-14-6-9-15/h11-12,14,17H,2-10H2,1H3. The van der Waals surface area contributed by atoms with E-state index >= 15 is 0 Å². The second kappa shape index (κ2) is 6.50. The van der Waals surface area contributed by atoms with Gasteiger partial charge in [-0.15, -0.1) is 0 Å². The first-order valence-electron chi connectivity index (χ1n) is 7.14. The largest absolute Gasteiger partial charge is 0.392 e. The fourth-order valence-corrected chi connectivity index (χ4v) is 2.82. The minimum Gasteiger partial charge on any atom is -0.392 e. The van der Waals surface area contributed by atoms with Crippen molar-refractivity contribution in [2.45, 2.75) is 38.3 Å². The third-order valence-electron chi connectivity index (χ3n) is 3.99. The smallest absolute Gasteiger partial charge is 0.240 e. The van der Waals surface area contributed by atoms with Crippen molar-refractivity contribution in [3.05, 3.63) is 0 Å². The van der Waals surface area contributed by atoms with Crippen LogP contribution in [0.5, 0.6) is 0 Å². The summed E-state index contributed by atoms with van der Waals surface area (Å²) in [6.45, 7) is 7.00. The first-order chi connectivity index (χ1) is 8.72. The molecule has 104 valence electrons. The Bertz CT molecular complexity index is 279. The van der Waals surface area contributed by atoms with Crippen LogP contribution in [0.2, 0.25) is 0 Å². The Morgan fingerprint density at radius 3 is 2.78 bits per heavy atom. The van der Waals surface area contributed by atoms with Gasteiger partial charge in [-0.05, 0) is 25.8 Å². The fourth-order valence-electron chi connectivity index (χ4n) is 2.82. The number of carbonyl (C=O) groups excluding carboxylic acids is 1. The first kappa shape index (κ1) is 13.8. The van der Waals surface area contributed by atoms with Gasteiger partial charge in [0.25, 0.3) is 0 Å². The molecule has 2 atom stereocenters. The van der Waals surface area contributed by atoms with Gasteiger partial charge in [-0.25, -0.2) is 0 Å². The molecule has 1 amide bonds. The van der Waals surface area contributed by atoms with Crippen LogP contribution < -0.4 is 5.32 Å². The third kappa shape index (κ3) is 3.22. The maximum atomic E-state index is 12.5. The van der Waals surface area contributed by atoms with Crippen LogP contribution in [0.1, 0.15) is 26.2 Å². The van der Waals surface area contributed by atoms with E-state index in [1.807, 2.05) is 11.8 Å². The van der Waals surface area contributed by atoms with Crippen molar-refractivity contribution >= 4 is 5.91 Å². The summed E-state index contributed by atoms with van der Waals surface area (Å²) in [5.74, 6) is 0.261. The van der Waals surface area contributed by atoms with E-state index in [0.29, 0.717) is 6.54 Å². The number of aliphatic hydroxyl groups is 1. The number of nitrogens with one attached hydrogen (secondary N) is 1. The second-order valence-corrected chi connectivity index (χ2v) is 5.29. The molecule has 2 fully saturated rings. The van der Waals surface area contributed by atoms with Crippen LogP contribution in [0.25, 0.3) is 0 Å². The van der Waals surface area contributed by atoms with E-state index in [-0.39, 0.29) is 18.1 Å². The van der Waals surface area contributed by atoms with Crippen molar-refractivity contribution in [2.75, 3.05) is 39.3 Å². The van der Waals surface area contributed by atoms with Gasteiger partial charge < -0.3 is 15.3 Å². The lowest BCUT2D eigenvalue weighted by molar-refractivity contribution is -0.136. The normalized spacial score (nSPS) is 27.4. The lowest BCUT2D eigenvalue weighted by Gasteiger charge is -2.33. The molecular formula is C13H25N3O2. The van der Waals surface area contributed by atoms with Crippen LogP contribution >= 0.6 is 0 Å². The topological polar surface area (TPSA) is 55.8 Å². The summed E-state index contributed by atoms with van der Waals surface area (Å²) in [5.41, 5.74) is 0. The van der Waals surface area contributed by atoms with E-state index in [4.69, 9.17) is 0 Å². The summed E-state index contributed by atoms with van der Waals surface area (Å²) in [4.78, 5) is 16.6. The zero-order chi connectivity index (χ0) is 13.0. The summed E-state index contributed by atoms with van der Waals surface area (Å²) in [6, 6.07) is 0.00398. The SMILES string of the molecule is CCC(O)CN1CCCC1C(=O)N1CCNCC1. The number of aliphatic hydroxyl groups excluding tert-OH is 1. The van der Waals surface area contributed by atoms with Crippen LogP contribution in [0.15, 0.2) is 0 Å². The van der Waals surface area contributed by atoms with Crippen molar-refractivity contribution in [1.82, 2.24) is 15.1 Å². The van der Waals surface area contributed by atoms with Crippen molar-refractivity contribution in [3.63, 3.8) is 0 Å². The molecule has 5 nitrogen and oxygen atoms in total. The number of amides is 1. The van der Waals surface area contributed by atoms with Crippen molar-refractivity contribution < 1.29 is 9.90 Å². The maximum Gasteiger partial charge on any atom is 0.240 e. The van der Waals surface area contributed by atoms with Gasteiger partial charge in [0.1, 0.15) is 0 Å². The highest BCUT2D eigenvalue weighted by molar-refractivity contribution is 5.82. The van der Waals surface area contributed by atoms with E-state index in [2.05, 4.69) is 10.2 Å². The fraction of sp³-hybridized carbons (Fsp3) is 0.923. The average molecular weight is 255 g/mol. The molecule has 0 spiro atoms. The molecule has 0 aromatic rings. The van der Waals surface area contributed by atoms with E-state index in [9.17, 15) is 9.90 Å². The van der Waals surface area contributed by atoms with E-state index in [1.54, 1.807) is 0 Å². The van der Waals surface area contributed by atoms with Gasteiger partial charge in [0.05, 0.1) is 12.1 Å². The molecule has 0 aromatic heterocycles. The van der Waals surface area contributed by atoms with E-state index < -0.39 is 0 Å². The number of nitrogens with zero attached hydrogens (tertiary/aromatic N) is 2. The molecule has 0 saturated carbocycles. The predicted molar refractivity (Wildman–Crippen MR) is 70.3 cm³/mol. The molecule has 0 bridgehead atoms. The van der Waals surface area contributed by atoms with Crippen LogP contribution in [0.4, 0.5) is 0 Å². The molecule has 18 heavy (non-hydrogen) atoms. The quantitative estimate of drug-likeness (QED) is 0.721. The van der Waals surface area contributed by atoms with Crippen molar-refractivity contribution in [3.8, 4) is 0 Å². The van der Waals surface area contributed by atoms with Gasteiger partial charge in [0, 0.05) is 32.7 Å². The zero-order valence-electron chi connectivity index (χ0n) is 11.3. The molecule has 0 aromatic carbocycles. The zero-order valence-corrected chi connectivity index (χ0v) is 11.3. The Kier molecular flexibility index (Phi) is 4.97. The molecule has 2 aliphatic rings. The Hall–Kier alpha value is -0.650. The summed E-state index contributed by atoms with van der Waals surface area (Å²) in [6.07, 6.45) is 2.46. The number of likely N-dealkylation sites (tertiary alicyclic amines) is 1. The molecular weight excluding hydrogens is 230 g/mol. The molecule has 2 N–H and O–H groups in total. The molecule has 2 unspecified atom stereocenters. The Morgan fingerprint density at radius 2 is 2.11 bits per heavy atom. The van der Waals surface area contributed by atoms with Crippen LogP contribution in [-0.4, -0.2) is 72.2 Å². The van der Waals surface area contributed by atoms with Crippen molar-refractivity contribution in [2.24, 2.45) is 0 Å². The number of piperazine rings is 1. The highest BCUT2D eigenvalue weighted by Gasteiger charge is 2.34. The Balaban J connectivity index is 1.91. The Labute approximate surface area is 109 Å².